The maximum Gasteiger partial charge on any atom is 0.407 e. The van der Waals surface area contributed by atoms with Gasteiger partial charge in [-0.15, -0.1) is 12.3 Å². The Bertz CT molecular complexity index is 2490. The summed E-state index contributed by atoms with van der Waals surface area (Å²) in [5.41, 5.74) is 6.14. The zero-order valence-electron chi connectivity index (χ0n) is 32.5. The molecule has 14 nitrogen and oxygen atoms in total. The molecule has 1 fully saturated rings. The minimum Gasteiger partial charge on any atom is -0.453 e. The maximum absolute atomic E-state index is 13.9. The number of carbonyl (C=O) groups is 4. The van der Waals surface area contributed by atoms with Crippen LogP contribution in [0.2, 0.25) is 0 Å². The highest BCUT2D eigenvalue weighted by molar-refractivity contribution is 6.05. The largest absolute Gasteiger partial charge is 0.453 e. The van der Waals surface area contributed by atoms with Crippen LogP contribution in [0.4, 0.5) is 9.59 Å². The average Bonchev–Trinajstić information content (AvgIpc) is 4.04. The van der Waals surface area contributed by atoms with E-state index in [0.29, 0.717) is 36.7 Å². The van der Waals surface area contributed by atoms with Crippen molar-refractivity contribution in [2.45, 2.75) is 50.9 Å². The van der Waals surface area contributed by atoms with Crippen molar-refractivity contribution in [2.24, 2.45) is 0 Å². The molecule has 296 valence electrons. The van der Waals surface area contributed by atoms with Gasteiger partial charge in [-0.3, -0.25) is 9.59 Å². The van der Waals surface area contributed by atoms with Crippen LogP contribution in [0.1, 0.15) is 55.5 Å². The summed E-state index contributed by atoms with van der Waals surface area (Å²) < 4.78 is 9.47. The van der Waals surface area contributed by atoms with Gasteiger partial charge in [0.05, 0.1) is 49.7 Å². The average molecular weight is 781 g/mol. The zero-order valence-corrected chi connectivity index (χ0v) is 32.5. The van der Waals surface area contributed by atoms with E-state index in [2.05, 4.69) is 55.5 Å². The van der Waals surface area contributed by atoms with Gasteiger partial charge >= 0.3 is 12.2 Å². The second-order valence-electron chi connectivity index (χ2n) is 14.1. The molecule has 0 bridgehead atoms. The van der Waals surface area contributed by atoms with Crippen LogP contribution in [0.5, 0.6) is 0 Å². The van der Waals surface area contributed by atoms with Gasteiger partial charge < -0.3 is 39.9 Å². The van der Waals surface area contributed by atoms with Crippen molar-refractivity contribution in [3.63, 3.8) is 0 Å². The van der Waals surface area contributed by atoms with Crippen LogP contribution >= 0.6 is 0 Å². The highest BCUT2D eigenvalue weighted by atomic mass is 16.5. The second-order valence-corrected chi connectivity index (χ2v) is 14.1. The number of aromatic amines is 2. The van der Waals surface area contributed by atoms with E-state index in [0.717, 1.165) is 57.0 Å². The van der Waals surface area contributed by atoms with Gasteiger partial charge in [0.25, 0.3) is 5.91 Å². The molecule has 0 spiro atoms. The predicted molar refractivity (Wildman–Crippen MR) is 219 cm³/mol. The smallest absolute Gasteiger partial charge is 0.407 e. The van der Waals surface area contributed by atoms with Gasteiger partial charge in [-0.1, -0.05) is 72.8 Å². The second kappa shape index (κ2) is 17.3. The van der Waals surface area contributed by atoms with Crippen molar-refractivity contribution in [2.75, 3.05) is 27.3 Å². The SMILES string of the molecule is C#CCCN(Cc1nc2c(ccc3cc(-c4ccc(-c5cnc(C6CCCN6C(=O)C(NC(=O)OC)c6ccccc6)[nH]5)cc4)ccc32)[nH]1)C(=O)C(C)NC(=O)OC. The third-order valence-corrected chi connectivity index (χ3v) is 10.4. The Hall–Kier alpha value is -7.14. The standard InChI is InChI=1S/C44H44N8O6/c1-5-6-22-51(41(53)27(2)46-43(55)57-3)26-37-47-34-21-19-32-24-31(18-20-33(32)39(34)49-37)28-14-16-29(17-15-28)35-25-45-40(48-35)36-13-10-23-52(36)42(54)38(50-44(56)58-4)30-11-8-7-9-12-30/h1,7-9,11-12,14-21,24-25,27,36,38H,6,10,13,22-23,26H2,2-4H3,(H,45,48)(H,46,55)(H,47,49)(H,50,56). The number of fused-ring (bicyclic) bond motifs is 3. The monoisotopic (exact) mass is 780 g/mol. The van der Waals surface area contributed by atoms with E-state index in [1.165, 1.54) is 14.2 Å². The summed E-state index contributed by atoms with van der Waals surface area (Å²) in [5.74, 6) is 3.34. The van der Waals surface area contributed by atoms with Crippen LogP contribution in [0.3, 0.4) is 0 Å². The van der Waals surface area contributed by atoms with Gasteiger partial charge in [-0.05, 0) is 59.5 Å². The molecule has 6 aromatic rings. The molecule has 2 aromatic heterocycles. The summed E-state index contributed by atoms with van der Waals surface area (Å²) in [6, 6.07) is 25.6. The molecule has 1 aliphatic heterocycles. The fourth-order valence-electron chi connectivity index (χ4n) is 7.41. The molecule has 0 saturated carbocycles. The molecule has 4 aromatic carbocycles. The minimum atomic E-state index is -0.889. The molecule has 1 saturated heterocycles. The van der Waals surface area contributed by atoms with Crippen molar-refractivity contribution in [1.29, 1.82) is 0 Å². The number of hydrogen-bond donors (Lipinski definition) is 4. The van der Waals surface area contributed by atoms with Crippen LogP contribution < -0.4 is 10.6 Å². The van der Waals surface area contributed by atoms with Crippen LogP contribution in [-0.4, -0.2) is 87.1 Å². The van der Waals surface area contributed by atoms with E-state index in [-0.39, 0.29) is 24.4 Å². The number of carbonyl (C=O) groups excluding carboxylic acids is 4. The first-order valence-corrected chi connectivity index (χ1v) is 19.0. The first-order chi connectivity index (χ1) is 28.2. The van der Waals surface area contributed by atoms with Crippen LogP contribution in [0.15, 0.2) is 91.1 Å². The van der Waals surface area contributed by atoms with E-state index in [9.17, 15) is 19.2 Å². The number of nitrogens with zero attached hydrogens (tertiary/aromatic N) is 4. The number of hydrogen-bond acceptors (Lipinski definition) is 8. The van der Waals surface area contributed by atoms with Gasteiger partial charge in [0, 0.05) is 24.9 Å². The zero-order chi connectivity index (χ0) is 40.8. The molecular formula is C44H44N8O6. The third kappa shape index (κ3) is 8.34. The van der Waals surface area contributed by atoms with Gasteiger partial charge in [0.15, 0.2) is 0 Å². The van der Waals surface area contributed by atoms with Crippen LogP contribution in [0.25, 0.3) is 44.2 Å². The number of H-pyrrole nitrogens is 2. The Balaban J connectivity index is 1.06. The molecular weight excluding hydrogens is 737 g/mol. The van der Waals surface area contributed by atoms with Crippen molar-refractivity contribution in [1.82, 2.24) is 40.4 Å². The van der Waals surface area contributed by atoms with Gasteiger partial charge in [-0.25, -0.2) is 19.6 Å². The molecule has 0 radical (unpaired) electrons. The quantitative estimate of drug-likeness (QED) is 0.100. The molecule has 3 unspecified atom stereocenters. The Morgan fingerprint density at radius 3 is 2.40 bits per heavy atom. The fourth-order valence-corrected chi connectivity index (χ4v) is 7.41. The number of ether oxygens (including phenoxy) is 2. The molecule has 58 heavy (non-hydrogen) atoms. The number of alkyl carbamates (subject to hydrolysis) is 2. The first-order valence-electron chi connectivity index (χ1n) is 19.0. The molecule has 3 atom stereocenters. The first kappa shape index (κ1) is 39.1. The Morgan fingerprint density at radius 2 is 1.66 bits per heavy atom. The summed E-state index contributed by atoms with van der Waals surface area (Å²) in [4.78, 5) is 70.8. The minimum absolute atomic E-state index is 0.187. The summed E-state index contributed by atoms with van der Waals surface area (Å²) in [6.07, 6.45) is 7.82. The lowest BCUT2D eigenvalue weighted by Crippen LogP contribution is -2.47. The number of nitrogens with one attached hydrogen (secondary N) is 4. The van der Waals surface area contributed by atoms with E-state index in [1.54, 1.807) is 22.9 Å². The lowest BCUT2D eigenvalue weighted by Gasteiger charge is -2.28. The number of rotatable bonds is 12. The molecule has 7 rings (SSSR count). The number of methoxy groups -OCH3 is 2. The molecule has 4 N–H and O–H groups in total. The van der Waals surface area contributed by atoms with E-state index >= 15 is 0 Å². The highest BCUT2D eigenvalue weighted by Crippen LogP contribution is 2.35. The Kier molecular flexibility index (Phi) is 11.7. The van der Waals surface area contributed by atoms with Gasteiger partial charge in [0.2, 0.25) is 5.91 Å². The summed E-state index contributed by atoms with van der Waals surface area (Å²) >= 11 is 0. The van der Waals surface area contributed by atoms with Crippen molar-refractivity contribution in [3.8, 4) is 34.7 Å². The molecule has 4 amide bonds. The Morgan fingerprint density at radius 1 is 0.931 bits per heavy atom. The molecule has 14 heteroatoms. The summed E-state index contributed by atoms with van der Waals surface area (Å²) in [6.45, 7) is 2.63. The number of aromatic nitrogens is 4. The molecule has 3 heterocycles. The van der Waals surface area contributed by atoms with Gasteiger partial charge in [0.1, 0.15) is 23.7 Å². The molecule has 1 aliphatic rings. The third-order valence-electron chi connectivity index (χ3n) is 10.4. The number of amides is 4. The molecule has 0 aliphatic carbocycles. The van der Waals surface area contributed by atoms with Crippen LogP contribution in [-0.2, 0) is 25.6 Å². The van der Waals surface area contributed by atoms with Crippen LogP contribution in [0, 0.1) is 12.3 Å². The lowest BCUT2D eigenvalue weighted by atomic mass is 9.99. The van der Waals surface area contributed by atoms with E-state index in [1.807, 2.05) is 60.7 Å². The highest BCUT2D eigenvalue weighted by Gasteiger charge is 2.37. The number of benzene rings is 4. The number of imidazole rings is 2. The van der Waals surface area contributed by atoms with Crippen molar-refractivity contribution < 1.29 is 28.7 Å². The normalized spacial score (nSPS) is 14.7. The van der Waals surface area contributed by atoms with Gasteiger partial charge in [-0.2, -0.15) is 0 Å². The summed E-state index contributed by atoms with van der Waals surface area (Å²) in [5, 5.41) is 7.19. The lowest BCUT2D eigenvalue weighted by molar-refractivity contribution is -0.135. The van der Waals surface area contributed by atoms with Crippen molar-refractivity contribution in [3.05, 3.63) is 108 Å². The van der Waals surface area contributed by atoms with E-state index < -0.39 is 24.3 Å². The number of likely N-dealkylation sites (tertiary alicyclic amines) is 1. The Labute approximate surface area is 335 Å². The fraction of sp³-hybridized carbons (Fsp3) is 0.273. The number of terminal acetylenes is 1. The van der Waals surface area contributed by atoms with Crippen molar-refractivity contribution >= 4 is 45.8 Å². The maximum atomic E-state index is 13.9. The van der Waals surface area contributed by atoms with E-state index in [4.69, 9.17) is 21.1 Å². The predicted octanol–water partition coefficient (Wildman–Crippen LogP) is 6.63. The summed E-state index contributed by atoms with van der Waals surface area (Å²) in [7, 11) is 2.52. The topological polar surface area (TPSA) is 175 Å².